The number of carboxylic acids is 1. The van der Waals surface area contributed by atoms with Crippen molar-refractivity contribution in [3.8, 4) is 5.75 Å². The second kappa shape index (κ2) is 6.73. The number of aryl methyl sites for hydroxylation is 1. The number of halogens is 1. The maximum absolute atomic E-state index is 12.1. The molecule has 1 aromatic heterocycles. The molecule has 0 aliphatic rings. The Balaban J connectivity index is 2.07. The number of rotatable bonds is 5. The van der Waals surface area contributed by atoms with Gasteiger partial charge in [-0.2, -0.15) is 0 Å². The van der Waals surface area contributed by atoms with Crippen molar-refractivity contribution in [2.45, 2.75) is 6.92 Å². The van der Waals surface area contributed by atoms with Gasteiger partial charge in [-0.25, -0.2) is 4.79 Å². The summed E-state index contributed by atoms with van der Waals surface area (Å²) in [6.07, 6.45) is 0. The number of hydrogen-bond donors (Lipinski definition) is 2. The summed E-state index contributed by atoms with van der Waals surface area (Å²) in [6, 6.07) is 8.40. The first-order valence-electron chi connectivity index (χ1n) is 5.97. The number of nitrogens with one attached hydrogen (secondary N) is 1. The smallest absolute Gasteiger partial charge is 0.341 e. The van der Waals surface area contributed by atoms with Crippen LogP contribution in [0.2, 0.25) is 0 Å². The second-order valence-electron chi connectivity index (χ2n) is 4.23. The van der Waals surface area contributed by atoms with E-state index in [0.717, 1.165) is 9.35 Å². The van der Waals surface area contributed by atoms with Crippen molar-refractivity contribution in [1.82, 2.24) is 0 Å². The fraction of sp³-hybridized carbons (Fsp3) is 0.143. The van der Waals surface area contributed by atoms with Crippen LogP contribution in [0.25, 0.3) is 0 Å². The summed E-state index contributed by atoms with van der Waals surface area (Å²) in [5.41, 5.74) is 1.55. The van der Waals surface area contributed by atoms with Crippen LogP contribution in [0.5, 0.6) is 5.75 Å². The predicted octanol–water partition coefficient (Wildman–Crippen LogP) is 3.53. The Labute approximate surface area is 133 Å². The Morgan fingerprint density at radius 2 is 2.14 bits per heavy atom. The molecular weight excluding hydrogens is 358 g/mol. The monoisotopic (exact) mass is 369 g/mol. The van der Waals surface area contributed by atoms with Crippen molar-refractivity contribution in [2.24, 2.45) is 0 Å². The average molecular weight is 370 g/mol. The Morgan fingerprint density at radius 3 is 2.76 bits per heavy atom. The van der Waals surface area contributed by atoms with Crippen LogP contribution in [0.4, 0.5) is 5.69 Å². The van der Waals surface area contributed by atoms with Crippen LogP contribution in [-0.2, 0) is 4.79 Å². The number of amides is 1. The van der Waals surface area contributed by atoms with Gasteiger partial charge >= 0.3 is 5.97 Å². The molecule has 0 saturated carbocycles. The molecule has 2 N–H and O–H groups in total. The van der Waals surface area contributed by atoms with Crippen LogP contribution in [0.1, 0.15) is 15.2 Å². The zero-order valence-electron chi connectivity index (χ0n) is 11.1. The summed E-state index contributed by atoms with van der Waals surface area (Å²) in [6.45, 7) is 1.49. The highest BCUT2D eigenvalue weighted by Crippen LogP contribution is 2.28. The van der Waals surface area contributed by atoms with Gasteiger partial charge in [0.1, 0.15) is 5.75 Å². The number of aliphatic carboxylic acids is 1. The van der Waals surface area contributed by atoms with Crippen molar-refractivity contribution in [3.05, 3.63) is 44.6 Å². The average Bonchev–Trinajstić information content (AvgIpc) is 2.77. The molecule has 0 fully saturated rings. The number of hydrogen-bond acceptors (Lipinski definition) is 4. The summed E-state index contributed by atoms with van der Waals surface area (Å²) < 4.78 is 5.99. The normalized spacial score (nSPS) is 10.2. The van der Waals surface area contributed by atoms with Gasteiger partial charge in [0.05, 0.1) is 8.66 Å². The van der Waals surface area contributed by atoms with Gasteiger partial charge in [-0.15, -0.1) is 11.3 Å². The predicted molar refractivity (Wildman–Crippen MR) is 84.3 cm³/mol. The van der Waals surface area contributed by atoms with Gasteiger partial charge in [-0.1, -0.05) is 6.07 Å². The maximum atomic E-state index is 12.1. The van der Waals surface area contributed by atoms with Crippen molar-refractivity contribution in [2.75, 3.05) is 11.9 Å². The molecule has 2 rings (SSSR count). The van der Waals surface area contributed by atoms with Gasteiger partial charge < -0.3 is 15.2 Å². The van der Waals surface area contributed by atoms with E-state index in [-0.39, 0.29) is 5.91 Å². The van der Waals surface area contributed by atoms with E-state index < -0.39 is 12.6 Å². The quantitative estimate of drug-likeness (QED) is 0.844. The Kier molecular flexibility index (Phi) is 4.98. The van der Waals surface area contributed by atoms with Crippen molar-refractivity contribution in [3.63, 3.8) is 0 Å². The third kappa shape index (κ3) is 4.30. The summed E-state index contributed by atoms with van der Waals surface area (Å²) in [4.78, 5) is 23.2. The van der Waals surface area contributed by atoms with Gasteiger partial charge in [-0.3, -0.25) is 4.79 Å². The van der Waals surface area contributed by atoms with E-state index in [1.165, 1.54) is 11.3 Å². The van der Waals surface area contributed by atoms with E-state index in [1.807, 2.05) is 6.92 Å². The van der Waals surface area contributed by atoms with Crippen LogP contribution in [0.3, 0.4) is 0 Å². The van der Waals surface area contributed by atoms with Crippen molar-refractivity contribution >= 4 is 44.8 Å². The molecule has 5 nitrogen and oxygen atoms in total. The third-order valence-corrected chi connectivity index (χ3v) is 4.67. The van der Waals surface area contributed by atoms with Crippen LogP contribution < -0.4 is 10.1 Å². The summed E-state index contributed by atoms with van der Waals surface area (Å²) in [7, 11) is 0. The molecule has 21 heavy (non-hydrogen) atoms. The highest BCUT2D eigenvalue weighted by atomic mass is 79.9. The fourth-order valence-electron chi connectivity index (χ4n) is 1.57. The molecule has 0 aliphatic heterocycles. The van der Waals surface area contributed by atoms with E-state index in [9.17, 15) is 9.59 Å². The largest absolute Gasteiger partial charge is 0.482 e. The lowest BCUT2D eigenvalue weighted by molar-refractivity contribution is -0.139. The molecule has 0 spiro atoms. The van der Waals surface area contributed by atoms with Gasteiger partial charge in [0.25, 0.3) is 5.91 Å². The van der Waals surface area contributed by atoms with Gasteiger partial charge in [-0.05, 0) is 46.6 Å². The molecule has 7 heteroatoms. The minimum atomic E-state index is -1.05. The molecule has 110 valence electrons. The SMILES string of the molecule is Cc1cc(C(=O)Nc2cccc(OCC(=O)O)c2)sc1Br. The topological polar surface area (TPSA) is 75.6 Å². The van der Waals surface area contributed by atoms with E-state index in [1.54, 1.807) is 30.3 Å². The molecule has 0 unspecified atom stereocenters. The van der Waals surface area contributed by atoms with Gasteiger partial charge in [0, 0.05) is 11.8 Å². The molecule has 1 amide bonds. The van der Waals surface area contributed by atoms with Crippen molar-refractivity contribution < 1.29 is 19.4 Å². The number of ether oxygens (including phenoxy) is 1. The molecule has 0 bridgehead atoms. The van der Waals surface area contributed by atoms with Crippen LogP contribution in [-0.4, -0.2) is 23.6 Å². The maximum Gasteiger partial charge on any atom is 0.341 e. The minimum Gasteiger partial charge on any atom is -0.482 e. The number of carbonyl (C=O) groups excluding carboxylic acids is 1. The summed E-state index contributed by atoms with van der Waals surface area (Å²) >= 11 is 4.73. The number of anilines is 1. The third-order valence-electron chi connectivity index (χ3n) is 2.54. The molecule has 0 radical (unpaired) electrons. The number of thiophene rings is 1. The summed E-state index contributed by atoms with van der Waals surface area (Å²) in [5, 5.41) is 11.3. The molecule has 0 atom stereocenters. The molecule has 1 heterocycles. The highest BCUT2D eigenvalue weighted by Gasteiger charge is 2.11. The second-order valence-corrected chi connectivity index (χ2v) is 6.60. The van der Waals surface area contributed by atoms with Crippen LogP contribution >= 0.6 is 27.3 Å². The Bertz CT molecular complexity index is 664. The molecule has 2 aromatic rings. The van der Waals surface area contributed by atoms with Crippen LogP contribution in [0.15, 0.2) is 34.1 Å². The van der Waals surface area contributed by atoms with E-state index >= 15 is 0 Å². The first-order valence-corrected chi connectivity index (χ1v) is 7.58. The van der Waals surface area contributed by atoms with E-state index in [0.29, 0.717) is 16.3 Å². The van der Waals surface area contributed by atoms with Gasteiger partial charge in [0.15, 0.2) is 6.61 Å². The van der Waals surface area contributed by atoms with E-state index in [2.05, 4.69) is 21.2 Å². The zero-order valence-corrected chi connectivity index (χ0v) is 13.5. The Morgan fingerprint density at radius 1 is 1.38 bits per heavy atom. The lowest BCUT2D eigenvalue weighted by atomic mass is 10.3. The summed E-state index contributed by atoms with van der Waals surface area (Å²) in [5.74, 6) is -0.883. The number of carbonyl (C=O) groups is 2. The number of benzene rings is 1. The van der Waals surface area contributed by atoms with Crippen LogP contribution in [0, 0.1) is 6.92 Å². The van der Waals surface area contributed by atoms with Gasteiger partial charge in [0.2, 0.25) is 0 Å². The standard InChI is InChI=1S/C14H12BrNO4S/c1-8-5-11(21-13(8)15)14(19)16-9-3-2-4-10(6-9)20-7-12(17)18/h2-6H,7H2,1H3,(H,16,19)(H,17,18). The minimum absolute atomic E-state index is 0.218. The lowest BCUT2D eigenvalue weighted by Gasteiger charge is -2.07. The molecular formula is C14H12BrNO4S. The number of carboxylic acid groups (broad SMARTS) is 1. The Hall–Kier alpha value is -1.86. The molecule has 0 saturated heterocycles. The van der Waals surface area contributed by atoms with E-state index in [4.69, 9.17) is 9.84 Å². The lowest BCUT2D eigenvalue weighted by Crippen LogP contribution is -2.11. The molecule has 1 aromatic carbocycles. The zero-order chi connectivity index (χ0) is 15.4. The highest BCUT2D eigenvalue weighted by molar-refractivity contribution is 9.11. The molecule has 0 aliphatic carbocycles. The fourth-order valence-corrected chi connectivity index (χ4v) is 3.00. The first kappa shape index (κ1) is 15.5. The van der Waals surface area contributed by atoms with Crippen molar-refractivity contribution in [1.29, 1.82) is 0 Å². The first-order chi connectivity index (χ1) is 9.95.